The zero-order chi connectivity index (χ0) is 14.3. The van der Waals surface area contributed by atoms with Gasteiger partial charge in [0.25, 0.3) is 0 Å². The highest BCUT2D eigenvalue weighted by Gasteiger charge is 2.16. The standard InChI is InChI=1S/C14H22FNO3/c1-14(2,10-17)9-16-7-11(18)8-19-13-6-4-3-5-12(13)15/h3-6,11,16-18H,7-10H2,1-2H3. The molecule has 0 aliphatic rings. The van der Waals surface area contributed by atoms with Crippen LogP contribution in [-0.4, -0.2) is 42.6 Å². The van der Waals surface area contributed by atoms with Gasteiger partial charge in [0.2, 0.25) is 0 Å². The van der Waals surface area contributed by atoms with Crippen LogP contribution in [0.2, 0.25) is 0 Å². The van der Waals surface area contributed by atoms with E-state index in [-0.39, 0.29) is 24.4 Å². The van der Waals surface area contributed by atoms with Crippen molar-refractivity contribution in [3.05, 3.63) is 30.1 Å². The van der Waals surface area contributed by atoms with E-state index in [0.717, 1.165) is 0 Å². The van der Waals surface area contributed by atoms with Gasteiger partial charge in [0.15, 0.2) is 11.6 Å². The monoisotopic (exact) mass is 271 g/mol. The van der Waals surface area contributed by atoms with Crippen molar-refractivity contribution in [1.29, 1.82) is 0 Å². The van der Waals surface area contributed by atoms with Gasteiger partial charge in [-0.2, -0.15) is 0 Å². The summed E-state index contributed by atoms with van der Waals surface area (Å²) in [6.45, 7) is 4.85. The van der Waals surface area contributed by atoms with Crippen LogP contribution in [0.5, 0.6) is 5.75 Å². The van der Waals surface area contributed by atoms with E-state index in [2.05, 4.69) is 5.32 Å². The molecule has 0 fully saturated rings. The van der Waals surface area contributed by atoms with Crippen LogP contribution in [0.1, 0.15) is 13.8 Å². The SMILES string of the molecule is CC(C)(CO)CNCC(O)COc1ccccc1F. The predicted octanol–water partition coefficient (Wildman–Crippen LogP) is 1.17. The molecule has 0 spiro atoms. The fourth-order valence-electron chi connectivity index (χ4n) is 1.44. The van der Waals surface area contributed by atoms with Gasteiger partial charge in [0.05, 0.1) is 0 Å². The molecule has 1 atom stereocenters. The Morgan fingerprint density at radius 1 is 1.37 bits per heavy atom. The molecule has 3 N–H and O–H groups in total. The van der Waals surface area contributed by atoms with Gasteiger partial charge in [0, 0.05) is 25.1 Å². The van der Waals surface area contributed by atoms with Gasteiger partial charge in [-0.1, -0.05) is 26.0 Å². The quantitative estimate of drug-likeness (QED) is 0.664. The Hall–Kier alpha value is -1.17. The first-order valence-corrected chi connectivity index (χ1v) is 6.31. The van der Waals surface area contributed by atoms with Gasteiger partial charge < -0.3 is 20.3 Å². The second kappa shape index (κ2) is 7.43. The highest BCUT2D eigenvalue weighted by atomic mass is 19.1. The van der Waals surface area contributed by atoms with Crippen LogP contribution in [0.15, 0.2) is 24.3 Å². The zero-order valence-corrected chi connectivity index (χ0v) is 11.4. The lowest BCUT2D eigenvalue weighted by Gasteiger charge is -2.23. The average molecular weight is 271 g/mol. The van der Waals surface area contributed by atoms with E-state index < -0.39 is 11.9 Å². The normalized spacial score (nSPS) is 13.3. The minimum Gasteiger partial charge on any atom is -0.488 e. The lowest BCUT2D eigenvalue weighted by atomic mass is 9.95. The third-order valence-corrected chi connectivity index (χ3v) is 2.68. The number of halogens is 1. The van der Waals surface area contributed by atoms with Crippen molar-refractivity contribution in [3.63, 3.8) is 0 Å². The fourth-order valence-corrected chi connectivity index (χ4v) is 1.44. The molecule has 1 aromatic rings. The van der Waals surface area contributed by atoms with E-state index in [1.165, 1.54) is 12.1 Å². The van der Waals surface area contributed by atoms with Crippen molar-refractivity contribution in [3.8, 4) is 5.75 Å². The Kier molecular flexibility index (Phi) is 6.21. The highest BCUT2D eigenvalue weighted by molar-refractivity contribution is 5.23. The largest absolute Gasteiger partial charge is 0.488 e. The summed E-state index contributed by atoms with van der Waals surface area (Å²) in [6.07, 6.45) is -0.728. The van der Waals surface area contributed by atoms with Gasteiger partial charge in [-0.05, 0) is 12.1 Å². The van der Waals surface area contributed by atoms with Gasteiger partial charge in [-0.15, -0.1) is 0 Å². The number of benzene rings is 1. The average Bonchev–Trinajstić information content (AvgIpc) is 2.37. The molecular weight excluding hydrogens is 249 g/mol. The second-order valence-electron chi connectivity index (χ2n) is 5.35. The van der Waals surface area contributed by atoms with Gasteiger partial charge in [0.1, 0.15) is 12.7 Å². The topological polar surface area (TPSA) is 61.7 Å². The van der Waals surface area contributed by atoms with Crippen LogP contribution >= 0.6 is 0 Å². The number of nitrogens with one attached hydrogen (secondary N) is 1. The summed E-state index contributed by atoms with van der Waals surface area (Å²) in [5.41, 5.74) is -0.230. The molecule has 0 aliphatic heterocycles. The zero-order valence-electron chi connectivity index (χ0n) is 11.4. The maximum Gasteiger partial charge on any atom is 0.165 e. The molecule has 0 bridgehead atoms. The lowest BCUT2D eigenvalue weighted by molar-refractivity contribution is 0.0962. The first-order valence-electron chi connectivity index (χ1n) is 6.31. The van der Waals surface area contributed by atoms with E-state index in [9.17, 15) is 9.50 Å². The summed E-state index contributed by atoms with van der Waals surface area (Å²) in [7, 11) is 0. The first kappa shape index (κ1) is 15.9. The highest BCUT2D eigenvalue weighted by Crippen LogP contribution is 2.15. The van der Waals surface area contributed by atoms with Crippen molar-refractivity contribution >= 4 is 0 Å². The molecule has 0 heterocycles. The molecule has 1 unspecified atom stereocenters. The molecule has 1 aromatic carbocycles. The molecule has 0 aromatic heterocycles. The number of ether oxygens (including phenoxy) is 1. The van der Waals surface area contributed by atoms with Crippen LogP contribution < -0.4 is 10.1 Å². The summed E-state index contributed by atoms with van der Waals surface area (Å²) in [5, 5.41) is 21.8. The Morgan fingerprint density at radius 2 is 2.05 bits per heavy atom. The Morgan fingerprint density at radius 3 is 2.68 bits per heavy atom. The van der Waals surface area contributed by atoms with Crippen LogP contribution in [0.4, 0.5) is 4.39 Å². The van der Waals surface area contributed by atoms with E-state index in [1.54, 1.807) is 12.1 Å². The van der Waals surface area contributed by atoms with Crippen molar-refractivity contribution < 1.29 is 19.3 Å². The number of hydrogen-bond donors (Lipinski definition) is 3. The van der Waals surface area contributed by atoms with E-state index in [0.29, 0.717) is 13.1 Å². The van der Waals surface area contributed by atoms with Crippen molar-refractivity contribution in [2.24, 2.45) is 5.41 Å². The van der Waals surface area contributed by atoms with Crippen LogP contribution in [0.3, 0.4) is 0 Å². The van der Waals surface area contributed by atoms with Gasteiger partial charge in [-0.3, -0.25) is 0 Å². The lowest BCUT2D eigenvalue weighted by Crippen LogP contribution is -2.38. The summed E-state index contributed by atoms with van der Waals surface area (Å²) in [4.78, 5) is 0. The molecule has 1 rings (SSSR count). The molecule has 108 valence electrons. The molecule has 0 radical (unpaired) electrons. The minimum absolute atomic E-state index is 0.0213. The Bertz CT molecular complexity index is 385. The molecular formula is C14H22FNO3. The van der Waals surface area contributed by atoms with Gasteiger partial charge >= 0.3 is 0 Å². The van der Waals surface area contributed by atoms with Crippen LogP contribution in [0.25, 0.3) is 0 Å². The Balaban J connectivity index is 2.25. The fraction of sp³-hybridized carbons (Fsp3) is 0.571. The van der Waals surface area contributed by atoms with Crippen molar-refractivity contribution in [2.45, 2.75) is 20.0 Å². The van der Waals surface area contributed by atoms with Crippen LogP contribution in [0, 0.1) is 11.2 Å². The molecule has 5 heteroatoms. The first-order chi connectivity index (χ1) is 8.94. The number of aliphatic hydroxyl groups excluding tert-OH is 2. The van der Waals surface area contributed by atoms with Crippen LogP contribution in [-0.2, 0) is 0 Å². The molecule has 0 amide bonds. The third-order valence-electron chi connectivity index (χ3n) is 2.68. The van der Waals surface area contributed by atoms with Gasteiger partial charge in [-0.25, -0.2) is 4.39 Å². The summed E-state index contributed by atoms with van der Waals surface area (Å²) >= 11 is 0. The molecule has 4 nitrogen and oxygen atoms in total. The van der Waals surface area contributed by atoms with Crippen molar-refractivity contribution in [2.75, 3.05) is 26.3 Å². The Labute approximate surface area is 113 Å². The smallest absolute Gasteiger partial charge is 0.165 e. The van der Waals surface area contributed by atoms with E-state index in [1.807, 2.05) is 13.8 Å². The summed E-state index contributed by atoms with van der Waals surface area (Å²) in [5.74, 6) is -0.304. The van der Waals surface area contributed by atoms with E-state index >= 15 is 0 Å². The number of para-hydroxylation sites is 1. The molecule has 0 aliphatic carbocycles. The van der Waals surface area contributed by atoms with Crippen molar-refractivity contribution in [1.82, 2.24) is 5.32 Å². The molecule has 0 saturated heterocycles. The summed E-state index contributed by atoms with van der Waals surface area (Å²) in [6, 6.07) is 6.08. The minimum atomic E-state index is -0.728. The number of aliphatic hydroxyl groups is 2. The number of hydrogen-bond acceptors (Lipinski definition) is 4. The molecule has 19 heavy (non-hydrogen) atoms. The predicted molar refractivity (Wildman–Crippen MR) is 71.6 cm³/mol. The summed E-state index contributed by atoms with van der Waals surface area (Å²) < 4.78 is 18.4. The maximum absolute atomic E-state index is 13.2. The maximum atomic E-state index is 13.2. The van der Waals surface area contributed by atoms with E-state index in [4.69, 9.17) is 9.84 Å². The third kappa shape index (κ3) is 6.00. The second-order valence-corrected chi connectivity index (χ2v) is 5.35. The number of rotatable bonds is 8. The molecule has 0 saturated carbocycles.